The molecule has 1 aromatic heterocycles. The minimum absolute atomic E-state index is 0.241. The minimum atomic E-state index is -0.241. The van der Waals surface area contributed by atoms with Gasteiger partial charge in [-0.15, -0.1) is 0 Å². The van der Waals surface area contributed by atoms with Crippen LogP contribution in [0.3, 0.4) is 0 Å². The topological polar surface area (TPSA) is 52.3 Å². The van der Waals surface area contributed by atoms with E-state index in [9.17, 15) is 4.79 Å². The zero-order chi connectivity index (χ0) is 19.3. The molecule has 1 heterocycles. The number of aromatic nitrogens is 1. The molecule has 4 aromatic rings. The zero-order valence-corrected chi connectivity index (χ0v) is 15.7. The van der Waals surface area contributed by atoms with Gasteiger partial charge in [0.15, 0.2) is 5.58 Å². The zero-order valence-electron chi connectivity index (χ0n) is 15.7. The maximum Gasteiger partial charge on any atom is 0.311 e. The molecule has 4 nitrogen and oxygen atoms in total. The first kappa shape index (κ1) is 18.0. The van der Waals surface area contributed by atoms with Crippen molar-refractivity contribution in [1.29, 1.82) is 0 Å². The van der Waals surface area contributed by atoms with Crippen LogP contribution in [0.1, 0.15) is 24.0 Å². The molecule has 0 saturated carbocycles. The van der Waals surface area contributed by atoms with Crippen molar-refractivity contribution < 1.29 is 13.9 Å². The Bertz CT molecular complexity index is 1080. The molecule has 28 heavy (non-hydrogen) atoms. The number of oxazole rings is 1. The smallest absolute Gasteiger partial charge is 0.311 e. The summed E-state index contributed by atoms with van der Waals surface area (Å²) in [5, 5.41) is 0. The van der Waals surface area contributed by atoms with E-state index in [4.69, 9.17) is 9.15 Å². The third kappa shape index (κ3) is 4.29. The molecule has 0 unspecified atom stereocenters. The fraction of sp³-hybridized carbons (Fsp3) is 0.167. The van der Waals surface area contributed by atoms with E-state index in [1.165, 1.54) is 11.1 Å². The quantitative estimate of drug-likeness (QED) is 0.321. The highest BCUT2D eigenvalue weighted by Crippen LogP contribution is 2.27. The first-order valence-electron chi connectivity index (χ1n) is 9.40. The number of carbonyl (C=O) groups is 1. The van der Waals surface area contributed by atoms with Crippen LogP contribution in [0, 0.1) is 6.92 Å². The molecular formula is C24H21NO3. The Hall–Kier alpha value is -3.40. The molecule has 0 N–H and O–H groups in total. The average molecular weight is 371 g/mol. The Morgan fingerprint density at radius 2 is 1.79 bits per heavy atom. The summed E-state index contributed by atoms with van der Waals surface area (Å²) in [4.78, 5) is 16.6. The van der Waals surface area contributed by atoms with Crippen LogP contribution in [0.4, 0.5) is 0 Å². The van der Waals surface area contributed by atoms with Gasteiger partial charge < -0.3 is 9.15 Å². The van der Waals surface area contributed by atoms with Gasteiger partial charge >= 0.3 is 5.97 Å². The van der Waals surface area contributed by atoms with Crippen molar-refractivity contribution in [3.05, 3.63) is 83.9 Å². The summed E-state index contributed by atoms with van der Waals surface area (Å²) in [5.41, 5.74) is 4.71. The van der Waals surface area contributed by atoms with Crippen LogP contribution in [0.5, 0.6) is 5.75 Å². The molecule has 0 aliphatic rings. The second-order valence-electron chi connectivity index (χ2n) is 6.83. The molecule has 0 atom stereocenters. The number of hydrogen-bond donors (Lipinski definition) is 0. The highest BCUT2D eigenvalue weighted by Gasteiger charge is 2.11. The molecule has 3 aromatic carbocycles. The molecule has 0 fully saturated rings. The minimum Gasteiger partial charge on any atom is -0.436 e. The molecule has 0 saturated heterocycles. The normalized spacial score (nSPS) is 10.9. The maximum atomic E-state index is 12.2. The van der Waals surface area contributed by atoms with Gasteiger partial charge in [0.25, 0.3) is 0 Å². The maximum absolute atomic E-state index is 12.2. The van der Waals surface area contributed by atoms with Crippen molar-refractivity contribution in [3.8, 4) is 17.2 Å². The Kier molecular flexibility index (Phi) is 5.20. The van der Waals surface area contributed by atoms with Crippen molar-refractivity contribution >= 4 is 17.1 Å². The van der Waals surface area contributed by atoms with E-state index in [1.807, 2.05) is 30.3 Å². The van der Waals surface area contributed by atoms with Gasteiger partial charge in [0.05, 0.1) is 0 Å². The molecule has 0 aliphatic carbocycles. The lowest BCUT2D eigenvalue weighted by Gasteiger charge is -2.04. The lowest BCUT2D eigenvalue weighted by Crippen LogP contribution is -2.08. The van der Waals surface area contributed by atoms with Crippen molar-refractivity contribution in [1.82, 2.24) is 4.98 Å². The Morgan fingerprint density at radius 3 is 2.57 bits per heavy atom. The number of fused-ring (bicyclic) bond motifs is 1. The van der Waals surface area contributed by atoms with E-state index >= 15 is 0 Å². The van der Waals surface area contributed by atoms with Gasteiger partial charge in [-0.25, -0.2) is 4.98 Å². The second kappa shape index (κ2) is 8.09. The highest BCUT2D eigenvalue weighted by molar-refractivity contribution is 5.79. The van der Waals surface area contributed by atoms with Crippen molar-refractivity contribution in [2.45, 2.75) is 26.2 Å². The summed E-state index contributed by atoms with van der Waals surface area (Å²) in [5.74, 6) is 0.787. The highest BCUT2D eigenvalue weighted by atomic mass is 16.5. The summed E-state index contributed by atoms with van der Waals surface area (Å²) >= 11 is 0. The summed E-state index contributed by atoms with van der Waals surface area (Å²) in [6, 6.07) is 23.4. The lowest BCUT2D eigenvalue weighted by molar-refractivity contribution is -0.134. The number of hydrogen-bond acceptors (Lipinski definition) is 4. The van der Waals surface area contributed by atoms with Crippen LogP contribution in [-0.2, 0) is 11.2 Å². The molecule has 4 rings (SSSR count). The standard InChI is InChI=1S/C24H21NO3/c1-17-10-12-18(13-11-17)6-5-9-23(26)27-20-14-15-21-22(16-20)28-24(25-21)19-7-3-2-4-8-19/h2-4,7-8,10-16H,5-6,9H2,1H3. The first-order valence-corrected chi connectivity index (χ1v) is 9.40. The SMILES string of the molecule is Cc1ccc(CCCC(=O)Oc2ccc3nc(-c4ccccc4)oc3c2)cc1. The largest absolute Gasteiger partial charge is 0.436 e. The van der Waals surface area contributed by atoms with E-state index in [-0.39, 0.29) is 5.97 Å². The van der Waals surface area contributed by atoms with Crippen molar-refractivity contribution in [3.63, 3.8) is 0 Å². The predicted molar refractivity (Wildman–Crippen MR) is 109 cm³/mol. The Morgan fingerprint density at radius 1 is 1.00 bits per heavy atom. The molecule has 0 aliphatic heterocycles. The fourth-order valence-electron chi connectivity index (χ4n) is 3.05. The van der Waals surface area contributed by atoms with E-state index in [2.05, 4.69) is 36.2 Å². The predicted octanol–water partition coefficient (Wildman–Crippen LogP) is 5.73. The fourth-order valence-corrected chi connectivity index (χ4v) is 3.05. The Balaban J connectivity index is 1.37. The first-order chi connectivity index (χ1) is 13.7. The lowest BCUT2D eigenvalue weighted by atomic mass is 10.1. The van der Waals surface area contributed by atoms with E-state index in [1.54, 1.807) is 18.2 Å². The van der Waals surface area contributed by atoms with Crippen molar-refractivity contribution in [2.75, 3.05) is 0 Å². The number of rotatable bonds is 6. The van der Waals surface area contributed by atoms with Gasteiger partial charge in [-0.2, -0.15) is 0 Å². The van der Waals surface area contributed by atoms with Crippen LogP contribution in [0.2, 0.25) is 0 Å². The van der Waals surface area contributed by atoms with Gasteiger partial charge in [-0.1, -0.05) is 48.0 Å². The molecule has 0 spiro atoms. The second-order valence-corrected chi connectivity index (χ2v) is 6.83. The van der Waals surface area contributed by atoms with Gasteiger partial charge in [-0.05, 0) is 49.6 Å². The molecule has 0 bridgehead atoms. The van der Waals surface area contributed by atoms with Crippen molar-refractivity contribution in [2.24, 2.45) is 0 Å². The van der Waals surface area contributed by atoms with Crippen LogP contribution < -0.4 is 4.74 Å². The van der Waals surface area contributed by atoms with Gasteiger partial charge in [0, 0.05) is 18.1 Å². The number of ether oxygens (including phenoxy) is 1. The molecule has 0 amide bonds. The monoisotopic (exact) mass is 371 g/mol. The summed E-state index contributed by atoms with van der Waals surface area (Å²) in [7, 11) is 0. The van der Waals surface area contributed by atoms with Gasteiger partial charge in [0.2, 0.25) is 5.89 Å². The number of nitrogens with zero attached hydrogens (tertiary/aromatic N) is 1. The number of benzene rings is 3. The summed E-state index contributed by atoms with van der Waals surface area (Å²) < 4.78 is 11.3. The van der Waals surface area contributed by atoms with Gasteiger partial charge in [-0.3, -0.25) is 4.79 Å². The third-order valence-corrected chi connectivity index (χ3v) is 4.58. The summed E-state index contributed by atoms with van der Waals surface area (Å²) in [6.45, 7) is 2.06. The van der Waals surface area contributed by atoms with Crippen LogP contribution in [0.15, 0.2) is 77.2 Å². The number of aryl methyl sites for hydroxylation is 2. The van der Waals surface area contributed by atoms with Crippen LogP contribution in [-0.4, -0.2) is 11.0 Å². The molecule has 0 radical (unpaired) electrons. The van der Waals surface area contributed by atoms with E-state index in [0.717, 1.165) is 23.9 Å². The van der Waals surface area contributed by atoms with Crippen LogP contribution >= 0.6 is 0 Å². The van der Waals surface area contributed by atoms with E-state index in [0.29, 0.717) is 23.6 Å². The summed E-state index contributed by atoms with van der Waals surface area (Å²) in [6.07, 6.45) is 1.99. The molecule has 4 heteroatoms. The Labute approximate surface area is 163 Å². The number of esters is 1. The average Bonchev–Trinajstić information content (AvgIpc) is 3.14. The molecule has 140 valence electrons. The van der Waals surface area contributed by atoms with Gasteiger partial charge in [0.1, 0.15) is 11.3 Å². The molecular weight excluding hydrogens is 350 g/mol. The number of carbonyl (C=O) groups excluding carboxylic acids is 1. The third-order valence-electron chi connectivity index (χ3n) is 4.58. The van der Waals surface area contributed by atoms with E-state index < -0.39 is 0 Å². The van der Waals surface area contributed by atoms with Crippen LogP contribution in [0.25, 0.3) is 22.6 Å².